The quantitative estimate of drug-likeness (QED) is 0.875. The van der Waals surface area contributed by atoms with E-state index >= 15 is 0 Å². The zero-order valence-electron chi connectivity index (χ0n) is 12.4. The predicted molar refractivity (Wildman–Crippen MR) is 79.9 cm³/mol. The van der Waals surface area contributed by atoms with Crippen LogP contribution in [-0.4, -0.2) is 23.1 Å². The highest BCUT2D eigenvalue weighted by Crippen LogP contribution is 2.38. The van der Waals surface area contributed by atoms with Gasteiger partial charge >= 0.3 is 0 Å². The smallest absolute Gasteiger partial charge is 0.0681 e. The first kappa shape index (κ1) is 14.5. The number of hydrogen-bond donors (Lipinski definition) is 1. The Hall–Kier alpha value is -0.860. The van der Waals surface area contributed by atoms with Gasteiger partial charge in [0.05, 0.1) is 6.61 Å². The molecule has 1 heterocycles. The van der Waals surface area contributed by atoms with Gasteiger partial charge in [-0.2, -0.15) is 0 Å². The first-order chi connectivity index (χ1) is 9.21. The standard InChI is InChI=1S/C17H27NO/c1-3-17(4-2)9-11-18(12-10-17)13-15-5-7-16(14-19)8-6-15/h5-8,19H,3-4,9-14H2,1-2H3. The molecule has 0 radical (unpaired) electrons. The average Bonchev–Trinajstić information content (AvgIpc) is 2.49. The first-order valence-corrected chi connectivity index (χ1v) is 7.62. The second-order valence-electron chi connectivity index (χ2n) is 5.96. The van der Waals surface area contributed by atoms with Crippen LogP contribution < -0.4 is 0 Å². The molecule has 1 aliphatic rings. The molecular formula is C17H27NO. The second kappa shape index (κ2) is 6.53. The molecule has 1 saturated heterocycles. The summed E-state index contributed by atoms with van der Waals surface area (Å²) in [5, 5.41) is 9.05. The van der Waals surface area contributed by atoms with Gasteiger partial charge in [-0.15, -0.1) is 0 Å². The van der Waals surface area contributed by atoms with E-state index in [2.05, 4.69) is 30.9 Å². The molecule has 1 fully saturated rings. The van der Waals surface area contributed by atoms with Crippen LogP contribution in [0.25, 0.3) is 0 Å². The molecule has 0 amide bonds. The van der Waals surface area contributed by atoms with E-state index in [1.807, 2.05) is 12.1 Å². The van der Waals surface area contributed by atoms with Crippen molar-refractivity contribution in [3.05, 3.63) is 35.4 Å². The number of hydrogen-bond acceptors (Lipinski definition) is 2. The molecule has 2 heteroatoms. The third-order valence-corrected chi connectivity index (χ3v) is 5.03. The summed E-state index contributed by atoms with van der Waals surface area (Å²) in [5.74, 6) is 0. The molecule has 1 aromatic carbocycles. The Balaban J connectivity index is 1.88. The molecule has 0 saturated carbocycles. The van der Waals surface area contributed by atoms with Crippen LogP contribution in [0, 0.1) is 5.41 Å². The van der Waals surface area contributed by atoms with Gasteiger partial charge in [0.25, 0.3) is 0 Å². The van der Waals surface area contributed by atoms with Gasteiger partial charge in [-0.25, -0.2) is 0 Å². The van der Waals surface area contributed by atoms with Crippen molar-refractivity contribution >= 4 is 0 Å². The largest absolute Gasteiger partial charge is 0.392 e. The number of rotatable bonds is 5. The molecule has 2 rings (SSSR count). The lowest BCUT2D eigenvalue weighted by Crippen LogP contribution is -2.39. The van der Waals surface area contributed by atoms with Crippen LogP contribution in [0.15, 0.2) is 24.3 Å². The highest BCUT2D eigenvalue weighted by Gasteiger charge is 2.30. The maximum Gasteiger partial charge on any atom is 0.0681 e. The fourth-order valence-electron chi connectivity index (χ4n) is 3.15. The summed E-state index contributed by atoms with van der Waals surface area (Å²) in [6.45, 7) is 8.32. The first-order valence-electron chi connectivity index (χ1n) is 7.62. The van der Waals surface area contributed by atoms with E-state index in [4.69, 9.17) is 5.11 Å². The van der Waals surface area contributed by atoms with Crippen molar-refractivity contribution in [2.24, 2.45) is 5.41 Å². The number of likely N-dealkylation sites (tertiary alicyclic amines) is 1. The van der Waals surface area contributed by atoms with E-state index in [0.29, 0.717) is 5.41 Å². The monoisotopic (exact) mass is 261 g/mol. The normalized spacial score (nSPS) is 19.5. The molecule has 0 unspecified atom stereocenters. The Bertz CT molecular complexity index is 371. The molecule has 106 valence electrons. The van der Waals surface area contributed by atoms with E-state index in [1.165, 1.54) is 44.3 Å². The highest BCUT2D eigenvalue weighted by atomic mass is 16.3. The molecule has 1 N–H and O–H groups in total. The number of aliphatic hydroxyl groups is 1. The van der Waals surface area contributed by atoms with Crippen LogP contribution >= 0.6 is 0 Å². The molecule has 0 atom stereocenters. The van der Waals surface area contributed by atoms with Crippen LogP contribution in [0.3, 0.4) is 0 Å². The lowest BCUT2D eigenvalue weighted by Gasteiger charge is -2.41. The van der Waals surface area contributed by atoms with Gasteiger partial charge in [0.1, 0.15) is 0 Å². The zero-order valence-corrected chi connectivity index (χ0v) is 12.4. The molecule has 1 aliphatic heterocycles. The third kappa shape index (κ3) is 3.58. The van der Waals surface area contributed by atoms with Crippen LogP contribution in [0.1, 0.15) is 50.7 Å². The van der Waals surface area contributed by atoms with Crippen LogP contribution in [0.4, 0.5) is 0 Å². The molecular weight excluding hydrogens is 234 g/mol. The Kier molecular flexibility index (Phi) is 5.00. The van der Waals surface area contributed by atoms with Crippen molar-refractivity contribution in [2.45, 2.75) is 52.7 Å². The number of piperidine rings is 1. The van der Waals surface area contributed by atoms with E-state index in [9.17, 15) is 0 Å². The van der Waals surface area contributed by atoms with E-state index in [0.717, 1.165) is 12.1 Å². The number of aliphatic hydroxyl groups excluding tert-OH is 1. The Morgan fingerprint density at radius 1 is 1.00 bits per heavy atom. The van der Waals surface area contributed by atoms with Gasteiger partial charge < -0.3 is 5.11 Å². The van der Waals surface area contributed by atoms with Crippen molar-refractivity contribution in [2.75, 3.05) is 13.1 Å². The maximum absolute atomic E-state index is 9.05. The fraction of sp³-hybridized carbons (Fsp3) is 0.647. The summed E-state index contributed by atoms with van der Waals surface area (Å²) in [6, 6.07) is 8.35. The summed E-state index contributed by atoms with van der Waals surface area (Å²) in [6.07, 6.45) is 5.33. The van der Waals surface area contributed by atoms with Crippen molar-refractivity contribution < 1.29 is 5.11 Å². The number of benzene rings is 1. The van der Waals surface area contributed by atoms with Crippen LogP contribution in [0.5, 0.6) is 0 Å². The molecule has 0 aliphatic carbocycles. The SMILES string of the molecule is CCC1(CC)CCN(Cc2ccc(CO)cc2)CC1. The fourth-order valence-corrected chi connectivity index (χ4v) is 3.15. The topological polar surface area (TPSA) is 23.5 Å². The van der Waals surface area contributed by atoms with E-state index < -0.39 is 0 Å². The minimum Gasteiger partial charge on any atom is -0.392 e. The van der Waals surface area contributed by atoms with Gasteiger partial charge in [-0.05, 0) is 42.5 Å². The van der Waals surface area contributed by atoms with Gasteiger partial charge in [-0.3, -0.25) is 4.90 Å². The van der Waals surface area contributed by atoms with Gasteiger partial charge in [0, 0.05) is 6.54 Å². The van der Waals surface area contributed by atoms with E-state index in [1.54, 1.807) is 0 Å². The molecule has 0 aromatic heterocycles. The Morgan fingerprint density at radius 2 is 1.53 bits per heavy atom. The van der Waals surface area contributed by atoms with Crippen molar-refractivity contribution in [1.82, 2.24) is 4.90 Å². The highest BCUT2D eigenvalue weighted by molar-refractivity contribution is 5.21. The summed E-state index contributed by atoms with van der Waals surface area (Å²) in [4.78, 5) is 2.57. The van der Waals surface area contributed by atoms with Gasteiger partial charge in [0.15, 0.2) is 0 Å². The summed E-state index contributed by atoms with van der Waals surface area (Å²) < 4.78 is 0. The molecule has 0 bridgehead atoms. The second-order valence-corrected chi connectivity index (χ2v) is 5.96. The Morgan fingerprint density at radius 3 is 2.00 bits per heavy atom. The van der Waals surface area contributed by atoms with Gasteiger partial charge in [-0.1, -0.05) is 51.0 Å². The zero-order chi connectivity index (χ0) is 13.7. The molecule has 19 heavy (non-hydrogen) atoms. The minimum absolute atomic E-state index is 0.138. The summed E-state index contributed by atoms with van der Waals surface area (Å²) >= 11 is 0. The molecule has 0 spiro atoms. The van der Waals surface area contributed by atoms with Crippen LogP contribution in [-0.2, 0) is 13.2 Å². The minimum atomic E-state index is 0.138. The van der Waals surface area contributed by atoms with Crippen molar-refractivity contribution in [3.8, 4) is 0 Å². The maximum atomic E-state index is 9.05. The summed E-state index contributed by atoms with van der Waals surface area (Å²) in [5.41, 5.74) is 2.97. The Labute approximate surface area is 117 Å². The lowest BCUT2D eigenvalue weighted by molar-refractivity contribution is 0.0909. The van der Waals surface area contributed by atoms with Crippen LogP contribution in [0.2, 0.25) is 0 Å². The number of nitrogens with zero attached hydrogens (tertiary/aromatic N) is 1. The lowest BCUT2D eigenvalue weighted by atomic mass is 9.74. The third-order valence-electron chi connectivity index (χ3n) is 5.03. The average molecular weight is 261 g/mol. The van der Waals surface area contributed by atoms with Crippen molar-refractivity contribution in [1.29, 1.82) is 0 Å². The van der Waals surface area contributed by atoms with E-state index in [-0.39, 0.29) is 6.61 Å². The molecule has 2 nitrogen and oxygen atoms in total. The van der Waals surface area contributed by atoms with Crippen molar-refractivity contribution in [3.63, 3.8) is 0 Å². The molecule has 1 aromatic rings. The predicted octanol–water partition coefficient (Wildman–Crippen LogP) is 3.58. The summed E-state index contributed by atoms with van der Waals surface area (Å²) in [7, 11) is 0. The van der Waals surface area contributed by atoms with Gasteiger partial charge in [0.2, 0.25) is 0 Å².